The van der Waals surface area contributed by atoms with Crippen LogP contribution in [0.25, 0.3) is 22.0 Å². The summed E-state index contributed by atoms with van der Waals surface area (Å²) in [5.41, 5.74) is 0.494. The maximum absolute atomic E-state index is 12.6. The second-order valence-electron chi connectivity index (χ2n) is 6.09. The van der Waals surface area contributed by atoms with Gasteiger partial charge in [0.2, 0.25) is 10.0 Å². The number of imidazole rings is 1. The van der Waals surface area contributed by atoms with E-state index < -0.39 is 15.6 Å². The van der Waals surface area contributed by atoms with Gasteiger partial charge in [0.25, 0.3) is 0 Å². The molecule has 0 bridgehead atoms. The molecule has 1 aliphatic rings. The quantitative estimate of drug-likeness (QED) is 0.697. The molecule has 1 saturated heterocycles. The highest BCUT2D eigenvalue weighted by molar-refractivity contribution is 7.89. The molecule has 1 N–H and O–H groups in total. The van der Waals surface area contributed by atoms with Crippen LogP contribution in [0.1, 0.15) is 12.8 Å². The van der Waals surface area contributed by atoms with Crippen LogP contribution in [0.2, 0.25) is 0 Å². The zero-order valence-electron chi connectivity index (χ0n) is 13.6. The fourth-order valence-electron chi connectivity index (χ4n) is 3.09. The van der Waals surface area contributed by atoms with Crippen LogP contribution in [0, 0.1) is 0 Å². The van der Waals surface area contributed by atoms with Gasteiger partial charge < -0.3 is 13.7 Å². The van der Waals surface area contributed by atoms with Crippen molar-refractivity contribution in [3.05, 3.63) is 34.9 Å². The smallest absolute Gasteiger partial charge is 0.364 e. The maximum atomic E-state index is 12.6. The van der Waals surface area contributed by atoms with Crippen molar-refractivity contribution < 1.29 is 17.6 Å². The van der Waals surface area contributed by atoms with Crippen molar-refractivity contribution >= 4 is 32.0 Å². The summed E-state index contributed by atoms with van der Waals surface area (Å²) in [7, 11) is -1.95. The highest BCUT2D eigenvalue weighted by Gasteiger charge is 2.21. The fraction of sp³-hybridized carbons (Fsp3) is 0.375. The van der Waals surface area contributed by atoms with Crippen LogP contribution in [0.4, 0.5) is 0 Å². The monoisotopic (exact) mass is 363 g/mol. The van der Waals surface area contributed by atoms with E-state index in [-0.39, 0.29) is 23.1 Å². The molecule has 1 unspecified atom stereocenters. The van der Waals surface area contributed by atoms with Crippen molar-refractivity contribution in [2.75, 3.05) is 13.2 Å². The van der Waals surface area contributed by atoms with E-state index in [4.69, 9.17) is 9.15 Å². The molecule has 1 fully saturated rings. The summed E-state index contributed by atoms with van der Waals surface area (Å²) in [6.07, 6.45) is 3.20. The standard InChI is InChI=1S/C16H17N3O5S/c1-19-9-17-14-15(19)12-7-11(4-5-13(12)24-16(14)20)25(21,22)18-8-10-3-2-6-23-10/h4-5,7,9-10,18H,2-3,6,8H2,1H3. The summed E-state index contributed by atoms with van der Waals surface area (Å²) in [6, 6.07) is 4.41. The minimum absolute atomic E-state index is 0.0861. The van der Waals surface area contributed by atoms with Crippen LogP contribution in [-0.4, -0.2) is 37.2 Å². The van der Waals surface area contributed by atoms with Gasteiger partial charge in [0.15, 0.2) is 5.52 Å². The third-order valence-corrected chi connectivity index (χ3v) is 5.80. The number of aryl methyl sites for hydroxylation is 1. The van der Waals surface area contributed by atoms with Gasteiger partial charge in [0, 0.05) is 25.6 Å². The Morgan fingerprint density at radius 2 is 2.24 bits per heavy atom. The molecular weight excluding hydrogens is 346 g/mol. The van der Waals surface area contributed by atoms with Crippen LogP contribution in [0.15, 0.2) is 38.6 Å². The van der Waals surface area contributed by atoms with Gasteiger partial charge in [0.05, 0.1) is 22.8 Å². The molecule has 3 aromatic rings. The lowest BCUT2D eigenvalue weighted by Gasteiger charge is -2.12. The lowest BCUT2D eigenvalue weighted by molar-refractivity contribution is 0.114. The number of ether oxygens (including phenoxy) is 1. The number of fused-ring (bicyclic) bond motifs is 3. The molecule has 2 aromatic heterocycles. The van der Waals surface area contributed by atoms with Crippen molar-refractivity contribution in [3.63, 3.8) is 0 Å². The summed E-state index contributed by atoms with van der Waals surface area (Å²) >= 11 is 0. The van der Waals surface area contributed by atoms with Gasteiger partial charge in [0.1, 0.15) is 5.58 Å². The zero-order valence-corrected chi connectivity index (χ0v) is 14.4. The Kier molecular flexibility index (Phi) is 3.86. The molecule has 8 nitrogen and oxygen atoms in total. The van der Waals surface area contributed by atoms with Crippen LogP contribution < -0.4 is 10.3 Å². The number of sulfonamides is 1. The Hall–Kier alpha value is -2.23. The molecular formula is C16H17N3O5S. The lowest BCUT2D eigenvalue weighted by Crippen LogP contribution is -2.31. The third kappa shape index (κ3) is 2.84. The highest BCUT2D eigenvalue weighted by atomic mass is 32.2. The van der Waals surface area contributed by atoms with Gasteiger partial charge in [-0.15, -0.1) is 0 Å². The van der Waals surface area contributed by atoms with Crippen molar-refractivity contribution in [1.29, 1.82) is 0 Å². The predicted molar refractivity (Wildman–Crippen MR) is 90.9 cm³/mol. The molecule has 1 atom stereocenters. The number of aromatic nitrogens is 2. The van der Waals surface area contributed by atoms with Gasteiger partial charge in [-0.2, -0.15) is 0 Å². The van der Waals surface area contributed by atoms with Gasteiger partial charge in [-0.3, -0.25) is 0 Å². The number of hydrogen-bond acceptors (Lipinski definition) is 6. The average Bonchev–Trinajstić information content (AvgIpc) is 3.23. The lowest BCUT2D eigenvalue weighted by atomic mass is 10.2. The Balaban J connectivity index is 1.77. The molecule has 0 amide bonds. The average molecular weight is 363 g/mol. The van der Waals surface area contributed by atoms with Crippen molar-refractivity contribution in [1.82, 2.24) is 14.3 Å². The predicted octanol–water partition coefficient (Wildman–Crippen LogP) is 1.14. The summed E-state index contributed by atoms with van der Waals surface area (Å²) in [6.45, 7) is 0.908. The van der Waals surface area contributed by atoms with Gasteiger partial charge in [-0.25, -0.2) is 22.9 Å². The zero-order chi connectivity index (χ0) is 17.6. The first-order valence-corrected chi connectivity index (χ1v) is 9.43. The van der Waals surface area contributed by atoms with Gasteiger partial charge >= 0.3 is 5.63 Å². The minimum atomic E-state index is -3.69. The molecule has 3 heterocycles. The SMILES string of the molecule is Cn1cnc2c(=O)oc3ccc(S(=O)(=O)NCC4CCCO4)cc3c21. The van der Waals surface area contributed by atoms with Crippen molar-refractivity contribution in [2.24, 2.45) is 7.05 Å². The number of nitrogens with one attached hydrogen (secondary N) is 1. The molecule has 9 heteroatoms. The van der Waals surface area contributed by atoms with E-state index in [9.17, 15) is 13.2 Å². The van der Waals surface area contributed by atoms with E-state index in [0.717, 1.165) is 12.8 Å². The summed E-state index contributed by atoms with van der Waals surface area (Å²) in [4.78, 5) is 16.1. The van der Waals surface area contributed by atoms with E-state index in [1.165, 1.54) is 24.5 Å². The van der Waals surface area contributed by atoms with Gasteiger partial charge in [-0.1, -0.05) is 0 Å². The minimum Gasteiger partial charge on any atom is -0.421 e. The van der Waals surface area contributed by atoms with Crippen molar-refractivity contribution in [2.45, 2.75) is 23.8 Å². The molecule has 132 valence electrons. The Morgan fingerprint density at radius 1 is 1.40 bits per heavy atom. The number of hydrogen-bond donors (Lipinski definition) is 1. The van der Waals surface area contributed by atoms with Crippen LogP contribution in [0.5, 0.6) is 0 Å². The molecule has 4 rings (SSSR count). The first-order valence-electron chi connectivity index (χ1n) is 7.95. The van der Waals surface area contributed by atoms with Crippen LogP contribution in [-0.2, 0) is 21.8 Å². The Bertz CT molecular complexity index is 1110. The topological polar surface area (TPSA) is 103 Å². The second-order valence-corrected chi connectivity index (χ2v) is 7.85. The first-order chi connectivity index (χ1) is 12.0. The summed E-state index contributed by atoms with van der Waals surface area (Å²) in [5, 5.41) is 0.523. The van der Waals surface area contributed by atoms with Crippen LogP contribution in [0.3, 0.4) is 0 Å². The van der Waals surface area contributed by atoms with E-state index in [0.29, 0.717) is 23.1 Å². The molecule has 0 saturated carbocycles. The van der Waals surface area contributed by atoms with E-state index >= 15 is 0 Å². The van der Waals surface area contributed by atoms with Gasteiger partial charge in [-0.05, 0) is 31.0 Å². The molecule has 1 aliphatic heterocycles. The second kappa shape index (κ2) is 5.94. The molecule has 0 aliphatic carbocycles. The van der Waals surface area contributed by atoms with E-state index in [2.05, 4.69) is 9.71 Å². The molecule has 0 radical (unpaired) electrons. The summed E-state index contributed by atoms with van der Waals surface area (Å²) < 4.78 is 40.1. The first kappa shape index (κ1) is 16.2. The Morgan fingerprint density at radius 3 is 3.00 bits per heavy atom. The number of nitrogens with zero attached hydrogens (tertiary/aromatic N) is 2. The molecule has 0 spiro atoms. The normalized spacial score (nSPS) is 18.4. The largest absolute Gasteiger partial charge is 0.421 e. The Labute approximate surface area is 143 Å². The van der Waals surface area contributed by atoms with E-state index in [1.807, 2.05) is 0 Å². The third-order valence-electron chi connectivity index (χ3n) is 4.37. The number of rotatable bonds is 4. The van der Waals surface area contributed by atoms with Crippen LogP contribution >= 0.6 is 0 Å². The van der Waals surface area contributed by atoms with Crippen molar-refractivity contribution in [3.8, 4) is 0 Å². The molecule has 25 heavy (non-hydrogen) atoms. The number of benzene rings is 1. The fourth-order valence-corrected chi connectivity index (χ4v) is 4.18. The van der Waals surface area contributed by atoms with E-state index in [1.54, 1.807) is 11.6 Å². The molecule has 1 aromatic carbocycles. The maximum Gasteiger partial charge on any atom is 0.364 e. The highest BCUT2D eigenvalue weighted by Crippen LogP contribution is 2.25. The summed E-state index contributed by atoms with van der Waals surface area (Å²) in [5.74, 6) is 0.